The van der Waals surface area contributed by atoms with Gasteiger partial charge in [-0.25, -0.2) is 0 Å². The molecule has 5 heteroatoms. The minimum atomic E-state index is -0.459. The van der Waals surface area contributed by atoms with E-state index in [9.17, 15) is 14.9 Å². The highest BCUT2D eigenvalue weighted by molar-refractivity contribution is 5.77. The smallest absolute Gasteiger partial charge is 0.311 e. The summed E-state index contributed by atoms with van der Waals surface area (Å²) < 4.78 is 5.43. The van der Waals surface area contributed by atoms with Crippen molar-refractivity contribution in [3.63, 3.8) is 0 Å². The van der Waals surface area contributed by atoms with Crippen LogP contribution in [0.3, 0.4) is 0 Å². The summed E-state index contributed by atoms with van der Waals surface area (Å²) in [4.78, 5) is 21.5. The number of aryl methyl sites for hydroxylation is 1. The molecule has 98 valence electrons. The van der Waals surface area contributed by atoms with Gasteiger partial charge in [0.1, 0.15) is 5.78 Å². The van der Waals surface area contributed by atoms with Gasteiger partial charge in [-0.2, -0.15) is 0 Å². The second-order valence-corrected chi connectivity index (χ2v) is 4.02. The number of Topliss-reactive ketones (excluding diaryl/α,β-unsaturated/α-hetero) is 1. The second kappa shape index (κ2) is 6.74. The predicted octanol–water partition coefficient (Wildman–Crippen LogP) is 3.04. The number of carbonyl (C=O) groups is 1. The van der Waals surface area contributed by atoms with E-state index >= 15 is 0 Å². The van der Waals surface area contributed by atoms with Crippen molar-refractivity contribution in [3.8, 4) is 5.75 Å². The van der Waals surface area contributed by atoms with Gasteiger partial charge < -0.3 is 4.74 Å². The van der Waals surface area contributed by atoms with Gasteiger partial charge in [-0.15, -0.1) is 0 Å². The molecule has 0 aliphatic rings. The number of para-hydroxylation sites is 1. The number of benzene rings is 1. The third-order valence-corrected chi connectivity index (χ3v) is 2.63. The fourth-order valence-electron chi connectivity index (χ4n) is 1.59. The van der Waals surface area contributed by atoms with E-state index in [2.05, 4.69) is 0 Å². The molecule has 1 aromatic rings. The van der Waals surface area contributed by atoms with Crippen LogP contribution in [-0.2, 0) is 4.79 Å². The summed E-state index contributed by atoms with van der Waals surface area (Å²) in [6, 6.07) is 4.81. The Kier molecular flexibility index (Phi) is 5.30. The fraction of sp³-hybridized carbons (Fsp3) is 0.462. The molecular weight excluding hydrogens is 234 g/mol. The largest absolute Gasteiger partial charge is 0.487 e. The van der Waals surface area contributed by atoms with Crippen molar-refractivity contribution in [2.45, 2.75) is 33.1 Å². The van der Waals surface area contributed by atoms with Crippen molar-refractivity contribution in [3.05, 3.63) is 33.9 Å². The molecule has 1 aromatic carbocycles. The standard InChI is InChI=1S/C13H17NO4/c1-3-11(15)7-5-9-18-13-10(2)6-4-8-12(13)14(16)17/h4,6,8H,3,5,7,9H2,1-2H3. The molecule has 0 spiro atoms. The van der Waals surface area contributed by atoms with E-state index in [1.54, 1.807) is 19.1 Å². The van der Waals surface area contributed by atoms with Crippen molar-refractivity contribution in [1.82, 2.24) is 0 Å². The molecule has 0 saturated carbocycles. The molecule has 18 heavy (non-hydrogen) atoms. The van der Waals surface area contributed by atoms with Crippen LogP contribution in [0.1, 0.15) is 31.7 Å². The van der Waals surface area contributed by atoms with E-state index in [0.29, 0.717) is 31.6 Å². The van der Waals surface area contributed by atoms with Crippen molar-refractivity contribution in [2.24, 2.45) is 0 Å². The van der Waals surface area contributed by atoms with Crippen LogP contribution in [0.4, 0.5) is 5.69 Å². The van der Waals surface area contributed by atoms with E-state index in [1.165, 1.54) is 6.07 Å². The SMILES string of the molecule is CCC(=O)CCCOc1c(C)cccc1[N+](=O)[O-]. The molecule has 0 N–H and O–H groups in total. The third-order valence-electron chi connectivity index (χ3n) is 2.63. The molecule has 1 rings (SSSR count). The lowest BCUT2D eigenvalue weighted by molar-refractivity contribution is -0.385. The Morgan fingerprint density at radius 1 is 1.44 bits per heavy atom. The van der Waals surface area contributed by atoms with Crippen LogP contribution in [0.2, 0.25) is 0 Å². The monoisotopic (exact) mass is 251 g/mol. The number of nitro groups is 1. The fourth-order valence-corrected chi connectivity index (χ4v) is 1.59. The van der Waals surface area contributed by atoms with Gasteiger partial charge in [-0.1, -0.05) is 19.1 Å². The van der Waals surface area contributed by atoms with E-state index in [4.69, 9.17) is 4.74 Å². The first-order valence-electron chi connectivity index (χ1n) is 5.94. The van der Waals surface area contributed by atoms with Gasteiger partial charge in [0.15, 0.2) is 5.75 Å². The van der Waals surface area contributed by atoms with Crippen molar-refractivity contribution in [2.75, 3.05) is 6.61 Å². The molecule has 0 aliphatic carbocycles. The van der Waals surface area contributed by atoms with Crippen LogP contribution in [0.25, 0.3) is 0 Å². The van der Waals surface area contributed by atoms with Crippen LogP contribution in [0, 0.1) is 17.0 Å². The van der Waals surface area contributed by atoms with Crippen LogP contribution < -0.4 is 4.74 Å². The van der Waals surface area contributed by atoms with Gasteiger partial charge in [0, 0.05) is 18.9 Å². The number of ether oxygens (including phenoxy) is 1. The van der Waals surface area contributed by atoms with Gasteiger partial charge in [0.25, 0.3) is 0 Å². The summed E-state index contributed by atoms with van der Waals surface area (Å²) in [5.74, 6) is 0.476. The lowest BCUT2D eigenvalue weighted by Gasteiger charge is -2.08. The quantitative estimate of drug-likeness (QED) is 0.424. The summed E-state index contributed by atoms with van der Waals surface area (Å²) in [6.45, 7) is 3.90. The maximum Gasteiger partial charge on any atom is 0.311 e. The zero-order valence-corrected chi connectivity index (χ0v) is 10.6. The Morgan fingerprint density at radius 2 is 2.17 bits per heavy atom. The summed E-state index contributed by atoms with van der Waals surface area (Å²) in [7, 11) is 0. The molecule has 0 radical (unpaired) electrons. The maximum atomic E-state index is 11.1. The number of rotatable bonds is 7. The molecule has 0 heterocycles. The van der Waals surface area contributed by atoms with Crippen molar-refractivity contribution in [1.29, 1.82) is 0 Å². The normalized spacial score (nSPS) is 10.1. The summed E-state index contributed by atoms with van der Waals surface area (Å²) in [5.41, 5.74) is 0.697. The minimum absolute atomic E-state index is 0.0307. The number of ketones is 1. The summed E-state index contributed by atoms with van der Waals surface area (Å²) in [6.07, 6.45) is 1.55. The van der Waals surface area contributed by atoms with Gasteiger partial charge >= 0.3 is 5.69 Å². The molecule has 0 fully saturated rings. The number of carbonyl (C=O) groups excluding carboxylic acids is 1. The van der Waals surface area contributed by atoms with E-state index < -0.39 is 4.92 Å². The number of hydrogen-bond donors (Lipinski definition) is 0. The zero-order chi connectivity index (χ0) is 13.5. The van der Waals surface area contributed by atoms with Crippen LogP contribution >= 0.6 is 0 Å². The zero-order valence-electron chi connectivity index (χ0n) is 10.6. The van der Waals surface area contributed by atoms with Crippen LogP contribution in [0.5, 0.6) is 5.75 Å². The van der Waals surface area contributed by atoms with Gasteiger partial charge in [-0.05, 0) is 18.9 Å². The molecule has 0 atom stereocenters. The Hall–Kier alpha value is -1.91. The van der Waals surface area contributed by atoms with Crippen molar-refractivity contribution < 1.29 is 14.5 Å². The average molecular weight is 251 g/mol. The summed E-state index contributed by atoms with van der Waals surface area (Å²) >= 11 is 0. The average Bonchev–Trinajstić information content (AvgIpc) is 2.35. The Morgan fingerprint density at radius 3 is 2.78 bits per heavy atom. The molecule has 0 amide bonds. The van der Waals surface area contributed by atoms with E-state index in [0.717, 1.165) is 5.56 Å². The highest BCUT2D eigenvalue weighted by Crippen LogP contribution is 2.30. The van der Waals surface area contributed by atoms with E-state index in [1.807, 2.05) is 6.92 Å². The first kappa shape index (κ1) is 14.2. The summed E-state index contributed by atoms with van der Waals surface area (Å²) in [5, 5.41) is 10.8. The van der Waals surface area contributed by atoms with Gasteiger partial charge in [-0.3, -0.25) is 14.9 Å². The number of hydrogen-bond acceptors (Lipinski definition) is 4. The molecule has 0 aromatic heterocycles. The Bertz CT molecular complexity index is 443. The Labute approximate surface area is 106 Å². The lowest BCUT2D eigenvalue weighted by Crippen LogP contribution is -2.04. The highest BCUT2D eigenvalue weighted by Gasteiger charge is 2.16. The van der Waals surface area contributed by atoms with Crippen molar-refractivity contribution >= 4 is 11.5 Å². The third kappa shape index (κ3) is 3.84. The molecule has 0 unspecified atom stereocenters. The molecule has 0 bridgehead atoms. The molecular formula is C13H17NO4. The van der Waals surface area contributed by atoms with Crippen LogP contribution in [0.15, 0.2) is 18.2 Å². The highest BCUT2D eigenvalue weighted by atomic mass is 16.6. The molecule has 0 aliphatic heterocycles. The Balaban J connectivity index is 2.61. The number of nitro benzene ring substituents is 1. The maximum absolute atomic E-state index is 11.1. The molecule has 0 saturated heterocycles. The second-order valence-electron chi connectivity index (χ2n) is 4.02. The first-order chi connectivity index (χ1) is 8.56. The topological polar surface area (TPSA) is 69.4 Å². The molecule has 5 nitrogen and oxygen atoms in total. The van der Waals surface area contributed by atoms with Crippen LogP contribution in [-0.4, -0.2) is 17.3 Å². The minimum Gasteiger partial charge on any atom is -0.487 e. The van der Waals surface area contributed by atoms with Gasteiger partial charge in [0.05, 0.1) is 11.5 Å². The lowest BCUT2D eigenvalue weighted by atomic mass is 10.2. The van der Waals surface area contributed by atoms with E-state index in [-0.39, 0.29) is 11.5 Å². The first-order valence-corrected chi connectivity index (χ1v) is 5.94. The number of nitrogens with zero attached hydrogens (tertiary/aromatic N) is 1. The predicted molar refractivity (Wildman–Crippen MR) is 67.9 cm³/mol. The van der Waals surface area contributed by atoms with Gasteiger partial charge in [0.2, 0.25) is 0 Å².